The highest BCUT2D eigenvalue weighted by molar-refractivity contribution is 5.85. The first-order valence-corrected chi connectivity index (χ1v) is 7.17. The summed E-state index contributed by atoms with van der Waals surface area (Å²) in [6.07, 6.45) is -0.384. The fraction of sp³-hybridized carbons (Fsp3) is 0.533. The lowest BCUT2D eigenvalue weighted by Crippen LogP contribution is -2.36. The number of ether oxygens (including phenoxy) is 2. The van der Waals surface area contributed by atoms with Crippen LogP contribution in [-0.4, -0.2) is 56.6 Å². The summed E-state index contributed by atoms with van der Waals surface area (Å²) in [5, 5.41) is 15.4. The molecule has 1 fully saturated rings. The average molecular weight is 331 g/mol. The van der Waals surface area contributed by atoms with Crippen LogP contribution in [-0.2, 0) is 9.53 Å². The molecule has 1 heterocycles. The van der Waals surface area contributed by atoms with E-state index in [2.05, 4.69) is 10.6 Å². The van der Waals surface area contributed by atoms with Crippen molar-refractivity contribution in [1.29, 1.82) is 0 Å². The summed E-state index contributed by atoms with van der Waals surface area (Å²) >= 11 is 0. The molecule has 2 unspecified atom stereocenters. The van der Waals surface area contributed by atoms with E-state index in [0.717, 1.165) is 12.3 Å². The van der Waals surface area contributed by atoms with Gasteiger partial charge >= 0.3 is 0 Å². The molecule has 1 aromatic carbocycles. The monoisotopic (exact) mass is 330 g/mol. The maximum atomic E-state index is 11.6. The highest BCUT2D eigenvalue weighted by Gasteiger charge is 2.24. The van der Waals surface area contributed by atoms with E-state index in [4.69, 9.17) is 9.47 Å². The number of hydrogen-bond acceptors (Lipinski definition) is 5. The summed E-state index contributed by atoms with van der Waals surface area (Å²) < 4.78 is 10.7. The van der Waals surface area contributed by atoms with Gasteiger partial charge in [-0.15, -0.1) is 12.4 Å². The Morgan fingerprint density at radius 2 is 2.05 bits per heavy atom. The standard InChI is InChI=1S/C15H22N2O4.ClH/c18-14-10-16-8-12(14)9-17-15(19)11-20-6-7-21-13-4-2-1-3-5-13;/h1-5,12,14,16,18H,6-11H2,(H,17,19);1H. The predicted octanol–water partition coefficient (Wildman–Crippen LogP) is 0.200. The molecule has 0 radical (unpaired) electrons. The maximum Gasteiger partial charge on any atom is 0.246 e. The zero-order valence-corrected chi connectivity index (χ0v) is 13.2. The van der Waals surface area contributed by atoms with Crippen LogP contribution in [0.4, 0.5) is 0 Å². The summed E-state index contributed by atoms with van der Waals surface area (Å²) in [4.78, 5) is 11.6. The van der Waals surface area contributed by atoms with Crippen molar-refractivity contribution in [2.24, 2.45) is 5.92 Å². The third-order valence-electron chi connectivity index (χ3n) is 3.34. The summed E-state index contributed by atoms with van der Waals surface area (Å²) in [5.41, 5.74) is 0. The van der Waals surface area contributed by atoms with Crippen LogP contribution < -0.4 is 15.4 Å². The van der Waals surface area contributed by atoms with Gasteiger partial charge in [0.2, 0.25) is 5.91 Å². The highest BCUT2D eigenvalue weighted by atomic mass is 35.5. The number of aliphatic hydroxyl groups excluding tert-OH is 1. The van der Waals surface area contributed by atoms with E-state index in [9.17, 15) is 9.90 Å². The fourth-order valence-corrected chi connectivity index (χ4v) is 2.12. The molecule has 6 nitrogen and oxygen atoms in total. The molecule has 3 N–H and O–H groups in total. The van der Waals surface area contributed by atoms with E-state index < -0.39 is 0 Å². The largest absolute Gasteiger partial charge is 0.491 e. The Bertz CT molecular complexity index is 433. The van der Waals surface area contributed by atoms with Gasteiger partial charge < -0.3 is 25.2 Å². The molecule has 0 aliphatic carbocycles. The molecular weight excluding hydrogens is 308 g/mol. The number of carbonyl (C=O) groups excluding carboxylic acids is 1. The molecule has 7 heteroatoms. The van der Waals surface area contributed by atoms with Crippen molar-refractivity contribution in [3.63, 3.8) is 0 Å². The number of halogens is 1. The van der Waals surface area contributed by atoms with Crippen molar-refractivity contribution in [2.45, 2.75) is 6.10 Å². The lowest BCUT2D eigenvalue weighted by atomic mass is 10.1. The molecule has 0 bridgehead atoms. The molecule has 0 spiro atoms. The van der Waals surface area contributed by atoms with E-state index in [1.807, 2.05) is 30.3 Å². The molecule has 1 aliphatic rings. The molecule has 2 atom stereocenters. The van der Waals surface area contributed by atoms with Crippen molar-refractivity contribution in [3.05, 3.63) is 30.3 Å². The minimum atomic E-state index is -0.384. The quantitative estimate of drug-likeness (QED) is 0.593. The first kappa shape index (κ1) is 18.7. The van der Waals surface area contributed by atoms with Crippen molar-refractivity contribution >= 4 is 18.3 Å². The van der Waals surface area contributed by atoms with Crippen LogP contribution in [0.3, 0.4) is 0 Å². The van der Waals surface area contributed by atoms with E-state index in [0.29, 0.717) is 26.3 Å². The van der Waals surface area contributed by atoms with E-state index >= 15 is 0 Å². The second-order valence-corrected chi connectivity index (χ2v) is 5.00. The lowest BCUT2D eigenvalue weighted by molar-refractivity contribution is -0.126. The molecular formula is C15H23ClN2O4. The fourth-order valence-electron chi connectivity index (χ4n) is 2.12. The number of carbonyl (C=O) groups is 1. The van der Waals surface area contributed by atoms with Gasteiger partial charge in [0, 0.05) is 25.6 Å². The SMILES string of the molecule is Cl.O=C(COCCOc1ccccc1)NCC1CNCC1O. The molecule has 124 valence electrons. The van der Waals surface area contributed by atoms with Gasteiger partial charge in [-0.25, -0.2) is 0 Å². The molecule has 1 aliphatic heterocycles. The number of amides is 1. The number of benzene rings is 1. The van der Waals surface area contributed by atoms with Crippen LogP contribution in [0.15, 0.2) is 30.3 Å². The zero-order chi connectivity index (χ0) is 14.9. The molecule has 1 saturated heterocycles. The first-order chi connectivity index (χ1) is 10.3. The van der Waals surface area contributed by atoms with E-state index in [1.54, 1.807) is 0 Å². The Balaban J connectivity index is 0.00000242. The van der Waals surface area contributed by atoms with Crippen LogP contribution >= 0.6 is 12.4 Å². The smallest absolute Gasteiger partial charge is 0.246 e. The molecule has 0 aromatic heterocycles. The molecule has 2 rings (SSSR count). The molecule has 22 heavy (non-hydrogen) atoms. The van der Waals surface area contributed by atoms with Crippen LogP contribution in [0.2, 0.25) is 0 Å². The topological polar surface area (TPSA) is 79.8 Å². The highest BCUT2D eigenvalue weighted by Crippen LogP contribution is 2.08. The average Bonchev–Trinajstić information content (AvgIpc) is 2.91. The Kier molecular flexibility index (Phi) is 8.84. The first-order valence-electron chi connectivity index (χ1n) is 7.17. The van der Waals surface area contributed by atoms with Crippen molar-refractivity contribution in [1.82, 2.24) is 10.6 Å². The second kappa shape index (κ2) is 10.4. The molecule has 0 saturated carbocycles. The van der Waals surface area contributed by atoms with Crippen molar-refractivity contribution < 1.29 is 19.4 Å². The summed E-state index contributed by atoms with van der Waals surface area (Å²) in [6.45, 7) is 2.56. The number of hydrogen-bond donors (Lipinski definition) is 3. The third kappa shape index (κ3) is 6.62. The van der Waals surface area contributed by atoms with Crippen LogP contribution in [0, 0.1) is 5.92 Å². The Morgan fingerprint density at radius 1 is 1.27 bits per heavy atom. The van der Waals surface area contributed by atoms with Gasteiger partial charge in [0.15, 0.2) is 0 Å². The van der Waals surface area contributed by atoms with Crippen LogP contribution in [0.25, 0.3) is 0 Å². The Morgan fingerprint density at radius 3 is 2.73 bits per heavy atom. The summed E-state index contributed by atoms with van der Waals surface area (Å²) in [6, 6.07) is 9.46. The Labute approximate surface area is 136 Å². The number of β-amino-alcohol motifs (C(OH)–C–C–N with tert-alkyl or cyclic N) is 1. The molecule has 1 aromatic rings. The number of para-hydroxylation sites is 1. The van der Waals surface area contributed by atoms with Crippen molar-refractivity contribution in [2.75, 3.05) is 39.5 Å². The van der Waals surface area contributed by atoms with Gasteiger partial charge in [0.05, 0.1) is 12.7 Å². The van der Waals surface area contributed by atoms with Crippen LogP contribution in [0.1, 0.15) is 0 Å². The summed E-state index contributed by atoms with van der Waals surface area (Å²) in [7, 11) is 0. The second-order valence-electron chi connectivity index (χ2n) is 5.00. The Hall–Kier alpha value is -1.34. The maximum absolute atomic E-state index is 11.6. The number of aliphatic hydroxyl groups is 1. The normalized spacial score (nSPS) is 20.2. The van der Waals surface area contributed by atoms with Gasteiger partial charge in [0.1, 0.15) is 19.0 Å². The third-order valence-corrected chi connectivity index (χ3v) is 3.34. The zero-order valence-electron chi connectivity index (χ0n) is 12.4. The predicted molar refractivity (Wildman–Crippen MR) is 85.4 cm³/mol. The van der Waals surface area contributed by atoms with Gasteiger partial charge in [-0.2, -0.15) is 0 Å². The van der Waals surface area contributed by atoms with E-state index in [-0.39, 0.29) is 36.9 Å². The minimum absolute atomic E-state index is 0. The van der Waals surface area contributed by atoms with Gasteiger partial charge in [-0.3, -0.25) is 4.79 Å². The van der Waals surface area contributed by atoms with Gasteiger partial charge in [-0.05, 0) is 12.1 Å². The minimum Gasteiger partial charge on any atom is -0.491 e. The van der Waals surface area contributed by atoms with Gasteiger partial charge in [-0.1, -0.05) is 18.2 Å². The molecule has 1 amide bonds. The van der Waals surface area contributed by atoms with E-state index in [1.165, 1.54) is 0 Å². The lowest BCUT2D eigenvalue weighted by Gasteiger charge is -2.14. The van der Waals surface area contributed by atoms with Crippen LogP contribution in [0.5, 0.6) is 5.75 Å². The number of rotatable bonds is 8. The van der Waals surface area contributed by atoms with Crippen molar-refractivity contribution in [3.8, 4) is 5.75 Å². The summed E-state index contributed by atoms with van der Waals surface area (Å²) in [5.74, 6) is 0.692. The number of nitrogens with one attached hydrogen (secondary N) is 2. The van der Waals surface area contributed by atoms with Gasteiger partial charge in [0.25, 0.3) is 0 Å².